The molecule has 0 radical (unpaired) electrons. The van der Waals surface area contributed by atoms with Crippen LogP contribution in [0.25, 0.3) is 0 Å². The number of rotatable bonds is 5. The Balaban J connectivity index is 1.79. The molecule has 7 heteroatoms. The Labute approximate surface area is 163 Å². The molecule has 0 fully saturated rings. The first kappa shape index (κ1) is 19.6. The molecule has 28 heavy (non-hydrogen) atoms. The van der Waals surface area contributed by atoms with E-state index in [0.717, 1.165) is 11.6 Å². The van der Waals surface area contributed by atoms with Crippen LogP contribution in [0.5, 0.6) is 0 Å². The Bertz CT molecular complexity index is 1130. The van der Waals surface area contributed by atoms with E-state index in [1.165, 1.54) is 24.3 Å². The maximum Gasteiger partial charge on any atom is 0.261 e. The van der Waals surface area contributed by atoms with Crippen molar-refractivity contribution in [3.05, 3.63) is 89.2 Å². The molecular formula is C21H19FN2O3S. The standard InChI is InChI=1S/C21H19FN2O3S/c1-14-6-9-17(10-7-14)23-21(25)16-4-3-5-18(12-16)24-28(26,27)19-11-8-15(2)20(22)13-19/h3-13,24H,1-2H3,(H,23,25). The smallest absolute Gasteiger partial charge is 0.261 e. The molecule has 0 aliphatic heterocycles. The molecule has 1 amide bonds. The SMILES string of the molecule is Cc1ccc(NC(=O)c2cccc(NS(=O)(=O)c3ccc(C)c(F)c3)c2)cc1. The Kier molecular flexibility index (Phi) is 5.46. The third-order valence-electron chi connectivity index (χ3n) is 4.14. The van der Waals surface area contributed by atoms with Crippen LogP contribution in [0.4, 0.5) is 15.8 Å². The van der Waals surface area contributed by atoms with Crippen LogP contribution in [-0.4, -0.2) is 14.3 Å². The van der Waals surface area contributed by atoms with E-state index in [4.69, 9.17) is 0 Å². The molecule has 5 nitrogen and oxygen atoms in total. The van der Waals surface area contributed by atoms with Gasteiger partial charge in [-0.3, -0.25) is 9.52 Å². The average Bonchev–Trinajstić information content (AvgIpc) is 2.65. The molecular weight excluding hydrogens is 379 g/mol. The third kappa shape index (κ3) is 4.55. The van der Waals surface area contributed by atoms with E-state index < -0.39 is 15.8 Å². The summed E-state index contributed by atoms with van der Waals surface area (Å²) >= 11 is 0. The number of nitrogens with one attached hydrogen (secondary N) is 2. The van der Waals surface area contributed by atoms with Crippen molar-refractivity contribution >= 4 is 27.3 Å². The van der Waals surface area contributed by atoms with Gasteiger partial charge in [0.1, 0.15) is 5.82 Å². The minimum atomic E-state index is -3.98. The molecule has 0 spiro atoms. The highest BCUT2D eigenvalue weighted by molar-refractivity contribution is 7.92. The number of anilines is 2. The molecule has 0 aliphatic carbocycles. The maximum absolute atomic E-state index is 13.7. The van der Waals surface area contributed by atoms with Gasteiger partial charge in [-0.05, 0) is 61.9 Å². The summed E-state index contributed by atoms with van der Waals surface area (Å²) in [5.41, 5.74) is 2.56. The zero-order chi connectivity index (χ0) is 20.3. The fraction of sp³-hybridized carbons (Fsp3) is 0.0952. The van der Waals surface area contributed by atoms with Gasteiger partial charge in [0.05, 0.1) is 4.90 Å². The second-order valence-electron chi connectivity index (χ2n) is 6.42. The van der Waals surface area contributed by atoms with Gasteiger partial charge in [0.15, 0.2) is 0 Å². The van der Waals surface area contributed by atoms with Gasteiger partial charge in [-0.2, -0.15) is 0 Å². The van der Waals surface area contributed by atoms with Gasteiger partial charge in [-0.25, -0.2) is 12.8 Å². The van der Waals surface area contributed by atoms with Crippen molar-refractivity contribution in [1.82, 2.24) is 0 Å². The molecule has 3 rings (SSSR count). The number of hydrogen-bond acceptors (Lipinski definition) is 3. The molecule has 2 N–H and O–H groups in total. The van der Waals surface area contributed by atoms with E-state index in [9.17, 15) is 17.6 Å². The number of carbonyl (C=O) groups is 1. The Morgan fingerprint density at radius 2 is 1.61 bits per heavy atom. The quantitative estimate of drug-likeness (QED) is 0.665. The molecule has 0 saturated carbocycles. The van der Waals surface area contributed by atoms with Crippen molar-refractivity contribution in [3.8, 4) is 0 Å². The highest BCUT2D eigenvalue weighted by Crippen LogP contribution is 2.20. The molecule has 0 heterocycles. The lowest BCUT2D eigenvalue weighted by Crippen LogP contribution is -2.15. The van der Waals surface area contributed by atoms with Crippen LogP contribution in [0.3, 0.4) is 0 Å². The summed E-state index contributed by atoms with van der Waals surface area (Å²) in [7, 11) is -3.98. The highest BCUT2D eigenvalue weighted by atomic mass is 32.2. The average molecular weight is 398 g/mol. The first-order valence-electron chi connectivity index (χ1n) is 8.52. The number of halogens is 1. The van der Waals surface area contributed by atoms with Gasteiger partial charge < -0.3 is 5.32 Å². The largest absolute Gasteiger partial charge is 0.322 e. The normalized spacial score (nSPS) is 11.1. The molecule has 3 aromatic carbocycles. The zero-order valence-electron chi connectivity index (χ0n) is 15.4. The second kappa shape index (κ2) is 7.82. The summed E-state index contributed by atoms with van der Waals surface area (Å²) in [5.74, 6) is -0.972. The summed E-state index contributed by atoms with van der Waals surface area (Å²) in [6.07, 6.45) is 0. The Morgan fingerprint density at radius 3 is 2.29 bits per heavy atom. The zero-order valence-corrected chi connectivity index (χ0v) is 16.2. The van der Waals surface area contributed by atoms with E-state index in [-0.39, 0.29) is 22.1 Å². The van der Waals surface area contributed by atoms with Crippen LogP contribution in [0.15, 0.2) is 71.6 Å². The van der Waals surface area contributed by atoms with Crippen molar-refractivity contribution in [2.75, 3.05) is 10.0 Å². The predicted molar refractivity (Wildman–Crippen MR) is 108 cm³/mol. The molecule has 0 aromatic heterocycles. The topological polar surface area (TPSA) is 75.3 Å². The third-order valence-corrected chi connectivity index (χ3v) is 5.52. The van der Waals surface area contributed by atoms with E-state index >= 15 is 0 Å². The van der Waals surface area contributed by atoms with Crippen LogP contribution in [-0.2, 0) is 10.0 Å². The molecule has 144 valence electrons. The first-order valence-corrected chi connectivity index (χ1v) is 10.00. The molecule has 0 bridgehead atoms. The summed E-state index contributed by atoms with van der Waals surface area (Å²) in [4.78, 5) is 12.2. The minimum Gasteiger partial charge on any atom is -0.322 e. The van der Waals surface area contributed by atoms with Gasteiger partial charge in [-0.1, -0.05) is 29.8 Å². The molecule has 0 aliphatic rings. The number of benzene rings is 3. The van der Waals surface area contributed by atoms with Crippen molar-refractivity contribution in [3.63, 3.8) is 0 Å². The van der Waals surface area contributed by atoms with E-state index in [2.05, 4.69) is 10.0 Å². The van der Waals surface area contributed by atoms with Crippen LogP contribution >= 0.6 is 0 Å². The Hall–Kier alpha value is -3.19. The van der Waals surface area contributed by atoms with Gasteiger partial charge >= 0.3 is 0 Å². The van der Waals surface area contributed by atoms with Crippen LogP contribution in [0, 0.1) is 19.7 Å². The molecule has 3 aromatic rings. The number of hydrogen-bond donors (Lipinski definition) is 2. The summed E-state index contributed by atoms with van der Waals surface area (Å²) in [6.45, 7) is 3.50. The van der Waals surface area contributed by atoms with Gasteiger partial charge in [0.2, 0.25) is 0 Å². The van der Waals surface area contributed by atoms with Crippen LogP contribution in [0.1, 0.15) is 21.5 Å². The fourth-order valence-electron chi connectivity index (χ4n) is 2.52. The summed E-state index contributed by atoms with van der Waals surface area (Å²) in [5, 5.41) is 2.76. The van der Waals surface area contributed by atoms with E-state index in [1.54, 1.807) is 31.2 Å². The van der Waals surface area contributed by atoms with Gasteiger partial charge in [0.25, 0.3) is 15.9 Å². The van der Waals surface area contributed by atoms with E-state index in [0.29, 0.717) is 11.3 Å². The molecule has 0 unspecified atom stereocenters. The lowest BCUT2D eigenvalue weighted by atomic mass is 10.2. The minimum absolute atomic E-state index is 0.190. The fourth-order valence-corrected chi connectivity index (χ4v) is 3.58. The van der Waals surface area contributed by atoms with Crippen molar-refractivity contribution < 1.29 is 17.6 Å². The number of carbonyl (C=O) groups excluding carboxylic acids is 1. The van der Waals surface area contributed by atoms with Crippen molar-refractivity contribution in [1.29, 1.82) is 0 Å². The summed E-state index contributed by atoms with van der Waals surface area (Å²) < 4.78 is 41.1. The van der Waals surface area contributed by atoms with Gasteiger partial charge in [0, 0.05) is 16.9 Å². The monoisotopic (exact) mass is 398 g/mol. The predicted octanol–water partition coefficient (Wildman–Crippen LogP) is 4.50. The van der Waals surface area contributed by atoms with Crippen molar-refractivity contribution in [2.24, 2.45) is 0 Å². The van der Waals surface area contributed by atoms with Crippen LogP contribution < -0.4 is 10.0 Å². The van der Waals surface area contributed by atoms with Crippen LogP contribution in [0.2, 0.25) is 0 Å². The summed E-state index contributed by atoms with van der Waals surface area (Å²) in [6, 6.07) is 17.1. The second-order valence-corrected chi connectivity index (χ2v) is 8.10. The molecule has 0 atom stereocenters. The highest BCUT2D eigenvalue weighted by Gasteiger charge is 2.16. The molecule has 0 saturated heterocycles. The Morgan fingerprint density at radius 1 is 0.893 bits per heavy atom. The first-order chi connectivity index (χ1) is 13.2. The van der Waals surface area contributed by atoms with E-state index in [1.807, 2.05) is 19.1 Å². The lowest BCUT2D eigenvalue weighted by molar-refractivity contribution is 0.102. The van der Waals surface area contributed by atoms with Gasteiger partial charge in [-0.15, -0.1) is 0 Å². The number of sulfonamides is 1. The van der Waals surface area contributed by atoms with Crippen molar-refractivity contribution in [2.45, 2.75) is 18.7 Å². The maximum atomic E-state index is 13.7. The lowest BCUT2D eigenvalue weighted by Gasteiger charge is -2.11. The number of aryl methyl sites for hydroxylation is 2. The number of amides is 1.